The van der Waals surface area contributed by atoms with Gasteiger partial charge in [0.05, 0.1) is 23.0 Å². The first kappa shape index (κ1) is 17.8. The second-order valence-corrected chi connectivity index (χ2v) is 6.51. The molecule has 28 heavy (non-hydrogen) atoms. The van der Waals surface area contributed by atoms with E-state index in [9.17, 15) is 9.59 Å². The second kappa shape index (κ2) is 7.59. The average Bonchev–Trinajstić information content (AvgIpc) is 3.05. The molecular formula is C20H20N6O2. The zero-order valence-corrected chi connectivity index (χ0v) is 15.5. The number of rotatable bonds is 6. The van der Waals surface area contributed by atoms with Crippen LogP contribution in [0, 0.1) is 0 Å². The monoisotopic (exact) mass is 376 g/mol. The third-order valence-electron chi connectivity index (χ3n) is 4.53. The quantitative estimate of drug-likeness (QED) is 0.558. The number of amides is 1. The molecular weight excluding hydrogens is 356 g/mol. The molecule has 0 aliphatic carbocycles. The Morgan fingerprint density at radius 3 is 2.61 bits per heavy atom. The van der Waals surface area contributed by atoms with Crippen molar-refractivity contribution in [3.05, 3.63) is 58.9 Å². The normalized spacial score (nSPS) is 11.2. The van der Waals surface area contributed by atoms with Gasteiger partial charge < -0.3 is 4.57 Å². The van der Waals surface area contributed by atoms with Crippen molar-refractivity contribution in [3.63, 3.8) is 0 Å². The van der Waals surface area contributed by atoms with E-state index in [2.05, 4.69) is 27.5 Å². The summed E-state index contributed by atoms with van der Waals surface area (Å²) < 4.78 is 3.21. The maximum absolute atomic E-state index is 12.5. The van der Waals surface area contributed by atoms with Crippen LogP contribution in [0.2, 0.25) is 0 Å². The van der Waals surface area contributed by atoms with Crippen LogP contribution in [0.25, 0.3) is 21.9 Å². The fourth-order valence-corrected chi connectivity index (χ4v) is 3.19. The lowest BCUT2D eigenvalue weighted by Crippen LogP contribution is -2.27. The van der Waals surface area contributed by atoms with Crippen molar-refractivity contribution in [2.24, 2.45) is 0 Å². The molecule has 8 heteroatoms. The molecule has 2 aromatic heterocycles. The molecule has 0 saturated carbocycles. The molecule has 0 spiro atoms. The van der Waals surface area contributed by atoms with Crippen LogP contribution >= 0.6 is 0 Å². The molecule has 1 amide bonds. The van der Waals surface area contributed by atoms with Crippen molar-refractivity contribution in [2.45, 2.75) is 32.9 Å². The van der Waals surface area contributed by atoms with E-state index in [-0.39, 0.29) is 24.4 Å². The summed E-state index contributed by atoms with van der Waals surface area (Å²) in [5.41, 5.74) is 2.11. The Balaban J connectivity index is 1.51. The number of benzene rings is 2. The minimum absolute atomic E-state index is 0.0995. The van der Waals surface area contributed by atoms with E-state index in [0.717, 1.165) is 24.0 Å². The number of carbonyl (C=O) groups is 1. The van der Waals surface area contributed by atoms with Crippen LogP contribution in [0.3, 0.4) is 0 Å². The highest BCUT2D eigenvalue weighted by Crippen LogP contribution is 2.20. The molecule has 0 atom stereocenters. The van der Waals surface area contributed by atoms with E-state index in [4.69, 9.17) is 0 Å². The molecule has 2 aromatic carbocycles. The van der Waals surface area contributed by atoms with Gasteiger partial charge in [0.15, 0.2) is 0 Å². The van der Waals surface area contributed by atoms with Gasteiger partial charge in [0, 0.05) is 13.0 Å². The van der Waals surface area contributed by atoms with Gasteiger partial charge in [0.1, 0.15) is 5.52 Å². The van der Waals surface area contributed by atoms with E-state index in [1.54, 1.807) is 24.3 Å². The van der Waals surface area contributed by atoms with Crippen LogP contribution in [0.4, 0.5) is 5.95 Å². The summed E-state index contributed by atoms with van der Waals surface area (Å²) in [7, 11) is 0. The minimum atomic E-state index is -0.253. The molecule has 4 aromatic rings. The van der Waals surface area contributed by atoms with Crippen molar-refractivity contribution in [3.8, 4) is 0 Å². The van der Waals surface area contributed by atoms with Gasteiger partial charge in [-0.2, -0.15) is 0 Å². The predicted octanol–water partition coefficient (Wildman–Crippen LogP) is 2.58. The molecule has 2 heterocycles. The number of hydrogen-bond donors (Lipinski definition) is 1. The smallest absolute Gasteiger partial charge is 0.277 e. The molecule has 0 aliphatic rings. The SMILES string of the molecule is CCCn1c(NC(=O)CCn2nnc3ccccc3c2=O)nc2ccccc21. The van der Waals surface area contributed by atoms with Gasteiger partial charge in [0.2, 0.25) is 11.9 Å². The van der Waals surface area contributed by atoms with E-state index in [0.29, 0.717) is 16.9 Å². The Labute approximate surface area is 160 Å². The number of para-hydroxylation sites is 2. The van der Waals surface area contributed by atoms with Crippen LogP contribution < -0.4 is 10.9 Å². The van der Waals surface area contributed by atoms with Crippen molar-refractivity contribution >= 4 is 33.8 Å². The Hall–Kier alpha value is -3.55. The van der Waals surface area contributed by atoms with Gasteiger partial charge in [-0.3, -0.25) is 14.9 Å². The lowest BCUT2D eigenvalue weighted by Gasteiger charge is -2.09. The molecule has 0 aliphatic heterocycles. The van der Waals surface area contributed by atoms with Gasteiger partial charge >= 0.3 is 0 Å². The van der Waals surface area contributed by atoms with Crippen LogP contribution in [0.15, 0.2) is 53.3 Å². The molecule has 0 radical (unpaired) electrons. The Morgan fingerprint density at radius 1 is 1.04 bits per heavy atom. The highest BCUT2D eigenvalue weighted by atomic mass is 16.2. The first-order valence-electron chi connectivity index (χ1n) is 9.25. The third kappa shape index (κ3) is 3.36. The summed E-state index contributed by atoms with van der Waals surface area (Å²) in [6, 6.07) is 14.8. The molecule has 0 fully saturated rings. The maximum Gasteiger partial charge on any atom is 0.277 e. The third-order valence-corrected chi connectivity index (χ3v) is 4.53. The van der Waals surface area contributed by atoms with Gasteiger partial charge in [-0.1, -0.05) is 36.4 Å². The predicted molar refractivity (Wildman–Crippen MR) is 107 cm³/mol. The number of nitrogens with zero attached hydrogens (tertiary/aromatic N) is 5. The summed E-state index contributed by atoms with van der Waals surface area (Å²) in [5, 5.41) is 11.3. The van der Waals surface area contributed by atoms with Gasteiger partial charge in [-0.25, -0.2) is 9.67 Å². The van der Waals surface area contributed by atoms with E-state index >= 15 is 0 Å². The Morgan fingerprint density at radius 2 is 1.79 bits per heavy atom. The zero-order chi connectivity index (χ0) is 19.5. The maximum atomic E-state index is 12.5. The lowest BCUT2D eigenvalue weighted by molar-refractivity contribution is -0.116. The van der Waals surface area contributed by atoms with Gasteiger partial charge in [0.25, 0.3) is 5.56 Å². The van der Waals surface area contributed by atoms with Crippen LogP contribution in [-0.2, 0) is 17.9 Å². The standard InChI is InChI=1S/C20H20N6O2/c1-2-12-25-17-10-6-5-9-16(17)21-20(25)22-18(27)11-13-26-19(28)14-7-3-4-8-15(14)23-24-26/h3-10H,2,11-13H2,1H3,(H,21,22,27). The number of aryl methyl sites for hydroxylation is 2. The van der Waals surface area contributed by atoms with Crippen molar-refractivity contribution in [2.75, 3.05) is 5.32 Å². The number of aromatic nitrogens is 5. The number of hydrogen-bond acceptors (Lipinski definition) is 5. The number of imidazole rings is 1. The summed E-state index contributed by atoms with van der Waals surface area (Å²) in [6.45, 7) is 2.98. The molecule has 0 bridgehead atoms. The van der Waals surface area contributed by atoms with Gasteiger partial charge in [-0.15, -0.1) is 5.10 Å². The van der Waals surface area contributed by atoms with Crippen LogP contribution in [0.1, 0.15) is 19.8 Å². The highest BCUT2D eigenvalue weighted by molar-refractivity contribution is 5.91. The Kier molecular flexibility index (Phi) is 4.84. The number of fused-ring (bicyclic) bond motifs is 2. The first-order valence-corrected chi connectivity index (χ1v) is 9.25. The fraction of sp³-hybridized carbons (Fsp3) is 0.250. The van der Waals surface area contributed by atoms with Gasteiger partial charge in [-0.05, 0) is 30.7 Å². The summed E-state index contributed by atoms with van der Waals surface area (Å²) >= 11 is 0. The van der Waals surface area contributed by atoms with Crippen molar-refractivity contribution in [1.29, 1.82) is 0 Å². The molecule has 0 unspecified atom stereocenters. The largest absolute Gasteiger partial charge is 0.310 e. The van der Waals surface area contributed by atoms with E-state index in [1.807, 2.05) is 28.8 Å². The Bertz CT molecular complexity index is 1210. The summed E-state index contributed by atoms with van der Waals surface area (Å²) in [4.78, 5) is 29.5. The average molecular weight is 376 g/mol. The molecule has 1 N–H and O–H groups in total. The fourth-order valence-electron chi connectivity index (χ4n) is 3.19. The zero-order valence-electron chi connectivity index (χ0n) is 15.5. The van der Waals surface area contributed by atoms with E-state index < -0.39 is 0 Å². The second-order valence-electron chi connectivity index (χ2n) is 6.51. The molecule has 142 valence electrons. The molecule has 4 rings (SSSR count). The first-order chi connectivity index (χ1) is 13.7. The number of carbonyl (C=O) groups excluding carboxylic acids is 1. The highest BCUT2D eigenvalue weighted by Gasteiger charge is 2.13. The van der Waals surface area contributed by atoms with Crippen LogP contribution in [-0.4, -0.2) is 30.5 Å². The van der Waals surface area contributed by atoms with Crippen LogP contribution in [0.5, 0.6) is 0 Å². The number of nitrogens with one attached hydrogen (secondary N) is 1. The summed E-state index contributed by atoms with van der Waals surface area (Å²) in [6.07, 6.45) is 1.02. The van der Waals surface area contributed by atoms with E-state index in [1.165, 1.54) is 4.68 Å². The summed E-state index contributed by atoms with van der Waals surface area (Å²) in [5.74, 6) is 0.291. The number of anilines is 1. The van der Waals surface area contributed by atoms with Crippen molar-refractivity contribution in [1.82, 2.24) is 24.5 Å². The topological polar surface area (TPSA) is 94.7 Å². The van der Waals surface area contributed by atoms with Crippen molar-refractivity contribution < 1.29 is 4.79 Å². The molecule has 0 saturated heterocycles. The molecule has 8 nitrogen and oxygen atoms in total. The lowest BCUT2D eigenvalue weighted by atomic mass is 10.2. The minimum Gasteiger partial charge on any atom is -0.310 e.